The Morgan fingerprint density at radius 3 is 2.66 bits per heavy atom. The minimum Gasteiger partial charge on any atom is -0.444 e. The number of nitrogens with zero attached hydrogens (tertiary/aromatic N) is 3. The largest absolute Gasteiger partial charge is 0.444 e. The van der Waals surface area contributed by atoms with Crippen LogP contribution in [-0.4, -0.2) is 39.0 Å². The third-order valence-electron chi connectivity index (χ3n) is 6.33. The molecule has 1 aromatic carbocycles. The number of amides is 1. The standard InChI is InChI=1S/C28H40N6O2S2/c1-7-31-38-23-16-21(32-25-14-15-30-34(25)18(2)3)12-13-22(23)24-17-29-26(37-24)19-8-10-20(11-9-19)33-27(35)36-28(4,5)6/h12-20,31-32H,7-11H2,1-6H3,(H,33,35). The number of rotatable bonds is 9. The van der Waals surface area contributed by atoms with Crippen LogP contribution in [0.2, 0.25) is 0 Å². The van der Waals surface area contributed by atoms with E-state index in [4.69, 9.17) is 9.72 Å². The van der Waals surface area contributed by atoms with E-state index in [0.717, 1.165) is 48.6 Å². The van der Waals surface area contributed by atoms with Crippen LogP contribution in [0.3, 0.4) is 0 Å². The first-order valence-electron chi connectivity index (χ1n) is 13.4. The highest BCUT2D eigenvalue weighted by molar-refractivity contribution is 7.97. The average molecular weight is 557 g/mol. The molecule has 0 atom stereocenters. The molecule has 0 spiro atoms. The van der Waals surface area contributed by atoms with Gasteiger partial charge in [0.1, 0.15) is 11.4 Å². The number of nitrogens with one attached hydrogen (secondary N) is 3. The predicted molar refractivity (Wildman–Crippen MR) is 157 cm³/mol. The number of thiazole rings is 1. The lowest BCUT2D eigenvalue weighted by atomic mass is 9.86. The first-order valence-corrected chi connectivity index (χ1v) is 15.1. The Hall–Kier alpha value is -2.56. The number of hydrogen-bond acceptors (Lipinski definition) is 8. The lowest BCUT2D eigenvalue weighted by Gasteiger charge is -2.29. The summed E-state index contributed by atoms with van der Waals surface area (Å²) in [7, 11) is 0. The fourth-order valence-electron chi connectivity index (χ4n) is 4.57. The van der Waals surface area contributed by atoms with E-state index in [1.165, 1.54) is 15.4 Å². The monoisotopic (exact) mass is 556 g/mol. The van der Waals surface area contributed by atoms with Gasteiger partial charge in [0.2, 0.25) is 0 Å². The summed E-state index contributed by atoms with van der Waals surface area (Å²) in [6.07, 6.45) is 7.41. The lowest BCUT2D eigenvalue weighted by Crippen LogP contribution is -2.40. The van der Waals surface area contributed by atoms with E-state index in [1.54, 1.807) is 23.3 Å². The molecule has 0 bridgehead atoms. The molecule has 8 nitrogen and oxygen atoms in total. The summed E-state index contributed by atoms with van der Waals surface area (Å²) in [5, 5.41) is 12.2. The van der Waals surface area contributed by atoms with E-state index >= 15 is 0 Å². The van der Waals surface area contributed by atoms with Gasteiger partial charge in [-0.25, -0.2) is 14.5 Å². The third-order valence-corrected chi connectivity index (χ3v) is 8.51. The van der Waals surface area contributed by atoms with E-state index in [9.17, 15) is 4.79 Å². The molecule has 206 valence electrons. The van der Waals surface area contributed by atoms with Crippen molar-refractivity contribution in [3.63, 3.8) is 0 Å². The first-order chi connectivity index (χ1) is 18.1. The Bertz CT molecular complexity index is 1210. The van der Waals surface area contributed by atoms with Crippen molar-refractivity contribution in [3.05, 3.63) is 41.7 Å². The normalized spacial score (nSPS) is 18.0. The van der Waals surface area contributed by atoms with Crippen molar-refractivity contribution in [2.24, 2.45) is 0 Å². The molecule has 0 radical (unpaired) electrons. The van der Waals surface area contributed by atoms with Crippen LogP contribution < -0.4 is 15.4 Å². The molecular formula is C28H40N6O2S2. The van der Waals surface area contributed by atoms with E-state index < -0.39 is 5.60 Å². The molecule has 4 rings (SSSR count). The van der Waals surface area contributed by atoms with Gasteiger partial charge in [-0.2, -0.15) is 5.10 Å². The van der Waals surface area contributed by atoms with Crippen LogP contribution in [-0.2, 0) is 4.74 Å². The molecular weight excluding hydrogens is 516 g/mol. The van der Waals surface area contributed by atoms with Gasteiger partial charge < -0.3 is 15.4 Å². The fourth-order valence-corrected chi connectivity index (χ4v) is 6.54. The van der Waals surface area contributed by atoms with Gasteiger partial charge in [0, 0.05) is 53.0 Å². The molecule has 10 heteroatoms. The molecule has 1 aliphatic carbocycles. The minimum absolute atomic E-state index is 0.163. The molecule has 3 aromatic rings. The zero-order chi connectivity index (χ0) is 27.3. The van der Waals surface area contributed by atoms with Crippen LogP contribution in [0.1, 0.15) is 84.2 Å². The zero-order valence-corrected chi connectivity index (χ0v) is 24.8. The fraction of sp³-hybridized carbons (Fsp3) is 0.536. The number of aromatic nitrogens is 3. The molecule has 0 saturated heterocycles. The second-order valence-corrected chi connectivity index (χ2v) is 12.9. The maximum Gasteiger partial charge on any atom is 0.407 e. The molecule has 2 heterocycles. The van der Waals surface area contributed by atoms with Crippen LogP contribution in [0.5, 0.6) is 0 Å². The SMILES string of the molecule is CCNSc1cc(Nc2ccnn2C(C)C)ccc1-c1cnc(C2CCC(NC(=O)OC(C)(C)C)CC2)s1. The van der Waals surface area contributed by atoms with E-state index in [2.05, 4.69) is 59.4 Å². The summed E-state index contributed by atoms with van der Waals surface area (Å²) >= 11 is 3.43. The van der Waals surface area contributed by atoms with Gasteiger partial charge in [-0.05, 0) is 84.4 Å². The highest BCUT2D eigenvalue weighted by atomic mass is 32.2. The number of carbonyl (C=O) groups is 1. The molecule has 3 N–H and O–H groups in total. The van der Waals surface area contributed by atoms with Crippen molar-refractivity contribution in [2.45, 2.75) is 95.7 Å². The number of alkyl carbamates (subject to hydrolysis) is 1. The number of anilines is 2. The number of ether oxygens (including phenoxy) is 1. The summed E-state index contributed by atoms with van der Waals surface area (Å²) in [6, 6.07) is 8.93. The average Bonchev–Trinajstić information content (AvgIpc) is 3.52. The van der Waals surface area contributed by atoms with Gasteiger partial charge in [0.25, 0.3) is 0 Å². The van der Waals surface area contributed by atoms with Gasteiger partial charge in [0.05, 0.1) is 16.1 Å². The third kappa shape index (κ3) is 7.51. The molecule has 2 aromatic heterocycles. The Morgan fingerprint density at radius 2 is 1.97 bits per heavy atom. The molecule has 1 fully saturated rings. The van der Waals surface area contributed by atoms with Crippen molar-refractivity contribution < 1.29 is 9.53 Å². The van der Waals surface area contributed by atoms with Crippen LogP contribution in [0.4, 0.5) is 16.3 Å². The molecule has 1 saturated carbocycles. The number of benzene rings is 1. The second kappa shape index (κ2) is 12.5. The van der Waals surface area contributed by atoms with Crippen LogP contribution in [0, 0.1) is 0 Å². The van der Waals surface area contributed by atoms with Gasteiger partial charge in [-0.1, -0.05) is 13.0 Å². The number of hydrogen-bond donors (Lipinski definition) is 3. The zero-order valence-electron chi connectivity index (χ0n) is 23.2. The van der Waals surface area contributed by atoms with Crippen LogP contribution in [0.15, 0.2) is 41.6 Å². The highest BCUT2D eigenvalue weighted by Crippen LogP contribution is 2.41. The van der Waals surface area contributed by atoms with Gasteiger partial charge >= 0.3 is 6.09 Å². The number of carbonyl (C=O) groups excluding carboxylic acids is 1. The van der Waals surface area contributed by atoms with Crippen molar-refractivity contribution in [3.8, 4) is 10.4 Å². The molecule has 0 aliphatic heterocycles. The topological polar surface area (TPSA) is 93.1 Å². The van der Waals surface area contributed by atoms with E-state index in [0.29, 0.717) is 5.92 Å². The van der Waals surface area contributed by atoms with E-state index in [-0.39, 0.29) is 18.2 Å². The highest BCUT2D eigenvalue weighted by Gasteiger charge is 2.27. The predicted octanol–water partition coefficient (Wildman–Crippen LogP) is 7.50. The Labute approximate surface area is 234 Å². The first kappa shape index (κ1) is 28.4. The van der Waals surface area contributed by atoms with Gasteiger partial charge in [-0.3, -0.25) is 4.72 Å². The molecule has 0 unspecified atom stereocenters. The van der Waals surface area contributed by atoms with Crippen molar-refractivity contribution in [2.75, 3.05) is 11.9 Å². The Morgan fingerprint density at radius 1 is 1.21 bits per heavy atom. The minimum atomic E-state index is -0.479. The van der Waals surface area contributed by atoms with Gasteiger partial charge in [0.15, 0.2) is 0 Å². The summed E-state index contributed by atoms with van der Waals surface area (Å²) < 4.78 is 10.8. The maximum absolute atomic E-state index is 12.1. The van der Waals surface area contributed by atoms with Crippen LogP contribution in [0.25, 0.3) is 10.4 Å². The maximum atomic E-state index is 12.1. The summed E-state index contributed by atoms with van der Waals surface area (Å²) in [5.74, 6) is 1.40. The summed E-state index contributed by atoms with van der Waals surface area (Å²) in [6.45, 7) is 12.9. The van der Waals surface area contributed by atoms with Crippen molar-refractivity contribution in [1.29, 1.82) is 0 Å². The van der Waals surface area contributed by atoms with Crippen LogP contribution >= 0.6 is 23.3 Å². The summed E-state index contributed by atoms with van der Waals surface area (Å²) in [5.41, 5.74) is 1.73. The van der Waals surface area contributed by atoms with Gasteiger partial charge in [-0.15, -0.1) is 11.3 Å². The molecule has 38 heavy (non-hydrogen) atoms. The Balaban J connectivity index is 1.44. The molecule has 1 amide bonds. The van der Waals surface area contributed by atoms with Crippen molar-refractivity contribution >= 4 is 40.9 Å². The quantitative estimate of drug-likeness (QED) is 0.235. The smallest absolute Gasteiger partial charge is 0.407 e. The second-order valence-electron chi connectivity index (χ2n) is 10.9. The van der Waals surface area contributed by atoms with E-state index in [1.807, 2.05) is 43.9 Å². The lowest BCUT2D eigenvalue weighted by molar-refractivity contribution is 0.0491. The Kier molecular flexibility index (Phi) is 9.38. The van der Waals surface area contributed by atoms with Crippen molar-refractivity contribution in [1.82, 2.24) is 24.8 Å². The summed E-state index contributed by atoms with van der Waals surface area (Å²) in [4.78, 5) is 19.3. The molecule has 1 aliphatic rings.